The summed E-state index contributed by atoms with van der Waals surface area (Å²) in [5.74, 6) is 2.63. The number of methoxy groups -OCH3 is 2. The molecular formula is C15H18N2O3S. The van der Waals surface area contributed by atoms with E-state index >= 15 is 0 Å². The lowest BCUT2D eigenvalue weighted by Crippen LogP contribution is -1.88. The molecule has 0 amide bonds. The van der Waals surface area contributed by atoms with Gasteiger partial charge < -0.3 is 13.9 Å². The van der Waals surface area contributed by atoms with E-state index in [0.717, 1.165) is 11.3 Å². The summed E-state index contributed by atoms with van der Waals surface area (Å²) >= 11 is 1.50. The highest BCUT2D eigenvalue weighted by Crippen LogP contribution is 2.30. The van der Waals surface area contributed by atoms with Crippen molar-refractivity contribution in [1.29, 1.82) is 0 Å². The fraction of sp³-hybridized carbons (Fsp3) is 0.333. The third-order valence-electron chi connectivity index (χ3n) is 2.70. The minimum Gasteiger partial charge on any atom is -0.497 e. The van der Waals surface area contributed by atoms with E-state index in [1.807, 2.05) is 12.1 Å². The molecule has 0 saturated carbocycles. The number of ether oxygens (including phenoxy) is 2. The Morgan fingerprint density at radius 3 is 2.38 bits per heavy atom. The quantitative estimate of drug-likeness (QED) is 0.597. The molecule has 6 heteroatoms. The Balaban J connectivity index is 2.18. The number of rotatable bonds is 6. The second-order valence-electron chi connectivity index (χ2n) is 4.57. The number of nitrogens with zero attached hydrogens (tertiary/aromatic N) is 2. The Morgan fingerprint density at radius 2 is 1.81 bits per heavy atom. The monoisotopic (exact) mass is 306 g/mol. The van der Waals surface area contributed by atoms with Crippen molar-refractivity contribution in [3.63, 3.8) is 0 Å². The van der Waals surface area contributed by atoms with Crippen LogP contribution < -0.4 is 9.47 Å². The van der Waals surface area contributed by atoms with E-state index in [4.69, 9.17) is 13.9 Å². The van der Waals surface area contributed by atoms with Gasteiger partial charge in [-0.05, 0) is 26.0 Å². The van der Waals surface area contributed by atoms with E-state index in [1.165, 1.54) is 17.3 Å². The summed E-state index contributed by atoms with van der Waals surface area (Å²) in [6.45, 7) is 4.12. The lowest BCUT2D eigenvalue weighted by molar-refractivity contribution is 0.394. The van der Waals surface area contributed by atoms with Gasteiger partial charge in [0.2, 0.25) is 5.89 Å². The number of allylic oxidation sites excluding steroid dienone is 1. The molecule has 1 aromatic carbocycles. The van der Waals surface area contributed by atoms with Crippen LogP contribution >= 0.6 is 11.8 Å². The Bertz CT molecular complexity index is 611. The normalized spacial score (nSPS) is 10.3. The van der Waals surface area contributed by atoms with E-state index in [1.54, 1.807) is 20.3 Å². The predicted octanol–water partition coefficient (Wildman–Crippen LogP) is 3.81. The molecule has 5 nitrogen and oxygen atoms in total. The maximum Gasteiger partial charge on any atom is 0.277 e. The molecule has 112 valence electrons. The SMILES string of the molecule is COc1cc(OC)cc(-c2nnc(SCC=C(C)C)o2)c1. The zero-order chi connectivity index (χ0) is 15.2. The third kappa shape index (κ3) is 4.26. The van der Waals surface area contributed by atoms with Crippen molar-refractivity contribution < 1.29 is 13.9 Å². The Morgan fingerprint density at radius 1 is 1.14 bits per heavy atom. The summed E-state index contributed by atoms with van der Waals surface area (Å²) in [6, 6.07) is 5.46. The van der Waals surface area contributed by atoms with Crippen LogP contribution in [0.5, 0.6) is 11.5 Å². The molecule has 21 heavy (non-hydrogen) atoms. The molecule has 0 aliphatic carbocycles. The van der Waals surface area contributed by atoms with Crippen LogP contribution in [-0.4, -0.2) is 30.2 Å². The molecule has 0 N–H and O–H groups in total. The molecule has 2 aromatic rings. The van der Waals surface area contributed by atoms with Gasteiger partial charge in [-0.2, -0.15) is 0 Å². The first-order chi connectivity index (χ1) is 10.1. The number of thioether (sulfide) groups is 1. The molecule has 1 aromatic heterocycles. The molecule has 2 rings (SSSR count). The van der Waals surface area contributed by atoms with Crippen LogP contribution in [-0.2, 0) is 0 Å². The first-order valence-corrected chi connectivity index (χ1v) is 7.44. The number of hydrogen-bond donors (Lipinski definition) is 0. The molecule has 0 spiro atoms. The largest absolute Gasteiger partial charge is 0.497 e. The van der Waals surface area contributed by atoms with Gasteiger partial charge in [0.25, 0.3) is 5.22 Å². The van der Waals surface area contributed by atoms with Crippen molar-refractivity contribution in [3.8, 4) is 23.0 Å². The van der Waals surface area contributed by atoms with Crippen LogP contribution in [0, 0.1) is 0 Å². The molecule has 0 atom stereocenters. The minimum atomic E-state index is 0.451. The fourth-order valence-corrected chi connectivity index (χ4v) is 2.39. The first-order valence-electron chi connectivity index (χ1n) is 6.45. The standard InChI is InChI=1S/C15H18N2O3S/c1-10(2)5-6-21-15-17-16-14(20-15)11-7-12(18-3)9-13(8-11)19-4/h5,7-9H,6H2,1-4H3. The predicted molar refractivity (Wildman–Crippen MR) is 83.0 cm³/mol. The van der Waals surface area contributed by atoms with E-state index in [2.05, 4.69) is 30.1 Å². The van der Waals surface area contributed by atoms with Gasteiger partial charge in [-0.1, -0.05) is 23.4 Å². The van der Waals surface area contributed by atoms with E-state index in [0.29, 0.717) is 22.6 Å². The summed E-state index contributed by atoms with van der Waals surface area (Å²) in [5, 5.41) is 8.65. The van der Waals surface area contributed by atoms with Gasteiger partial charge in [0.05, 0.1) is 14.2 Å². The van der Waals surface area contributed by atoms with Crippen molar-refractivity contribution >= 4 is 11.8 Å². The van der Waals surface area contributed by atoms with Gasteiger partial charge in [0.15, 0.2) is 0 Å². The molecule has 0 unspecified atom stereocenters. The van der Waals surface area contributed by atoms with Gasteiger partial charge in [-0.25, -0.2) is 0 Å². The molecule has 0 bridgehead atoms. The van der Waals surface area contributed by atoms with Crippen LogP contribution in [0.3, 0.4) is 0 Å². The maximum atomic E-state index is 5.65. The molecule has 0 fully saturated rings. The molecule has 0 aliphatic heterocycles. The van der Waals surface area contributed by atoms with Gasteiger partial charge >= 0.3 is 0 Å². The van der Waals surface area contributed by atoms with E-state index < -0.39 is 0 Å². The van der Waals surface area contributed by atoms with Crippen molar-refractivity contribution in [2.75, 3.05) is 20.0 Å². The van der Waals surface area contributed by atoms with Crippen molar-refractivity contribution in [3.05, 3.63) is 29.8 Å². The second kappa shape index (κ2) is 7.17. The summed E-state index contributed by atoms with van der Waals surface area (Å²) in [7, 11) is 3.21. The number of aromatic nitrogens is 2. The lowest BCUT2D eigenvalue weighted by Gasteiger charge is -2.05. The lowest BCUT2D eigenvalue weighted by atomic mass is 10.2. The summed E-state index contributed by atoms with van der Waals surface area (Å²) in [5.41, 5.74) is 2.03. The summed E-state index contributed by atoms with van der Waals surface area (Å²) < 4.78 is 16.1. The van der Waals surface area contributed by atoms with Gasteiger partial charge in [0.1, 0.15) is 11.5 Å². The summed E-state index contributed by atoms with van der Waals surface area (Å²) in [4.78, 5) is 0. The van der Waals surface area contributed by atoms with Crippen LogP contribution in [0.25, 0.3) is 11.5 Å². The first kappa shape index (κ1) is 15.4. The average molecular weight is 306 g/mol. The maximum absolute atomic E-state index is 5.65. The number of hydrogen-bond acceptors (Lipinski definition) is 6. The van der Waals surface area contributed by atoms with Gasteiger partial charge in [-0.15, -0.1) is 10.2 Å². The molecular weight excluding hydrogens is 288 g/mol. The van der Waals surface area contributed by atoms with Crippen molar-refractivity contribution in [2.24, 2.45) is 0 Å². The zero-order valence-electron chi connectivity index (χ0n) is 12.5. The molecule has 1 heterocycles. The Labute approximate surface area is 128 Å². The van der Waals surface area contributed by atoms with E-state index in [9.17, 15) is 0 Å². The number of benzene rings is 1. The van der Waals surface area contributed by atoms with Crippen LogP contribution in [0.4, 0.5) is 0 Å². The Hall–Kier alpha value is -1.95. The van der Waals surface area contributed by atoms with Gasteiger partial charge in [0, 0.05) is 17.4 Å². The minimum absolute atomic E-state index is 0.451. The van der Waals surface area contributed by atoms with Crippen LogP contribution in [0.1, 0.15) is 13.8 Å². The van der Waals surface area contributed by atoms with Gasteiger partial charge in [-0.3, -0.25) is 0 Å². The Kier molecular flexibility index (Phi) is 5.27. The van der Waals surface area contributed by atoms with Crippen molar-refractivity contribution in [1.82, 2.24) is 10.2 Å². The highest BCUT2D eigenvalue weighted by Gasteiger charge is 2.11. The second-order valence-corrected chi connectivity index (χ2v) is 5.54. The van der Waals surface area contributed by atoms with Crippen LogP contribution in [0.2, 0.25) is 0 Å². The topological polar surface area (TPSA) is 57.4 Å². The summed E-state index contributed by atoms with van der Waals surface area (Å²) in [6.07, 6.45) is 2.11. The fourth-order valence-electron chi connectivity index (χ4n) is 1.60. The highest BCUT2D eigenvalue weighted by atomic mass is 32.2. The molecule has 0 saturated heterocycles. The van der Waals surface area contributed by atoms with E-state index in [-0.39, 0.29) is 0 Å². The average Bonchev–Trinajstić information content (AvgIpc) is 2.95. The smallest absolute Gasteiger partial charge is 0.277 e. The molecule has 0 aliphatic rings. The third-order valence-corrected chi connectivity index (χ3v) is 3.45. The zero-order valence-corrected chi connectivity index (χ0v) is 13.4. The van der Waals surface area contributed by atoms with Crippen LogP contribution in [0.15, 0.2) is 39.5 Å². The molecule has 0 radical (unpaired) electrons. The van der Waals surface area contributed by atoms with Crippen molar-refractivity contribution in [2.45, 2.75) is 19.1 Å². The highest BCUT2D eigenvalue weighted by molar-refractivity contribution is 7.99.